The molecule has 0 saturated carbocycles. The molecule has 0 saturated heterocycles. The zero-order valence-corrected chi connectivity index (χ0v) is 14.8. The molecule has 0 radical (unpaired) electrons. The summed E-state index contributed by atoms with van der Waals surface area (Å²) in [5, 5.41) is 9.68. The summed E-state index contributed by atoms with van der Waals surface area (Å²) < 4.78 is 11.2. The lowest BCUT2D eigenvalue weighted by atomic mass is 10.0. The van der Waals surface area contributed by atoms with E-state index in [2.05, 4.69) is 20.9 Å². The number of aromatic nitrogens is 2. The van der Waals surface area contributed by atoms with Gasteiger partial charge in [0.25, 0.3) is 0 Å². The van der Waals surface area contributed by atoms with Gasteiger partial charge in [0.2, 0.25) is 0 Å². The number of aromatic hydroxyl groups is 1. The van der Waals surface area contributed by atoms with Gasteiger partial charge in [-0.1, -0.05) is 0 Å². The third-order valence-electron chi connectivity index (χ3n) is 4.95. The maximum atomic E-state index is 9.68. The summed E-state index contributed by atoms with van der Waals surface area (Å²) in [6, 6.07) is 8.92. The summed E-state index contributed by atoms with van der Waals surface area (Å²) >= 11 is 0. The summed E-state index contributed by atoms with van der Waals surface area (Å²) in [4.78, 5) is 11.5. The third kappa shape index (κ3) is 3.19. The second-order valence-corrected chi connectivity index (χ2v) is 6.92. The third-order valence-corrected chi connectivity index (χ3v) is 4.95. The van der Waals surface area contributed by atoms with E-state index >= 15 is 0 Å². The monoisotopic (exact) mass is 361 g/mol. The Morgan fingerprint density at radius 3 is 3.07 bits per heavy atom. The number of benzene rings is 1. The predicted molar refractivity (Wildman–Crippen MR) is 100 cm³/mol. The molecule has 5 rings (SSSR count). The van der Waals surface area contributed by atoms with Crippen LogP contribution in [0.5, 0.6) is 11.5 Å². The van der Waals surface area contributed by atoms with E-state index in [1.54, 1.807) is 18.4 Å². The van der Waals surface area contributed by atoms with Gasteiger partial charge in [0.05, 0.1) is 12.0 Å². The standard InChI is InChI=1S/C21H19N3O3/c25-17-3-4-19-15(9-17)8-14(13-27-19)11-24-6-5-18-16(12-24)10-22-21(23-18)20-2-1-7-26-20/h1-4,7-10,25H,5-6,11-13H2. The Morgan fingerprint density at radius 2 is 2.19 bits per heavy atom. The van der Waals surface area contributed by atoms with E-state index in [9.17, 15) is 5.11 Å². The molecule has 6 heteroatoms. The van der Waals surface area contributed by atoms with Crippen LogP contribution in [-0.4, -0.2) is 39.7 Å². The normalized spacial score (nSPS) is 16.2. The highest BCUT2D eigenvalue weighted by Crippen LogP contribution is 2.30. The lowest BCUT2D eigenvalue weighted by Crippen LogP contribution is -2.34. The van der Waals surface area contributed by atoms with Gasteiger partial charge >= 0.3 is 0 Å². The smallest absolute Gasteiger partial charge is 0.195 e. The van der Waals surface area contributed by atoms with Gasteiger partial charge in [0.1, 0.15) is 18.1 Å². The van der Waals surface area contributed by atoms with Crippen molar-refractivity contribution in [1.82, 2.24) is 14.9 Å². The van der Waals surface area contributed by atoms with Crippen LogP contribution >= 0.6 is 0 Å². The molecule has 0 spiro atoms. The molecule has 1 N–H and O–H groups in total. The maximum absolute atomic E-state index is 9.68. The molecule has 1 aromatic carbocycles. The van der Waals surface area contributed by atoms with Crippen molar-refractivity contribution < 1.29 is 14.3 Å². The quantitative estimate of drug-likeness (QED) is 0.772. The van der Waals surface area contributed by atoms with Crippen LogP contribution in [0.2, 0.25) is 0 Å². The average molecular weight is 361 g/mol. The van der Waals surface area contributed by atoms with Gasteiger partial charge in [-0.2, -0.15) is 0 Å². The highest BCUT2D eigenvalue weighted by molar-refractivity contribution is 5.64. The first-order chi connectivity index (χ1) is 13.2. The summed E-state index contributed by atoms with van der Waals surface area (Å²) in [6.45, 7) is 3.16. The molecule has 0 unspecified atom stereocenters. The summed E-state index contributed by atoms with van der Waals surface area (Å²) in [7, 11) is 0. The molecular weight excluding hydrogens is 342 g/mol. The highest BCUT2D eigenvalue weighted by atomic mass is 16.5. The molecule has 2 aliphatic rings. The first-order valence-electron chi connectivity index (χ1n) is 9.01. The first kappa shape index (κ1) is 16.1. The Hall–Kier alpha value is -3.12. The maximum Gasteiger partial charge on any atom is 0.195 e. The van der Waals surface area contributed by atoms with Crippen LogP contribution in [0.4, 0.5) is 0 Å². The minimum atomic E-state index is 0.256. The summed E-state index contributed by atoms with van der Waals surface area (Å²) in [6.07, 6.45) is 6.55. The topological polar surface area (TPSA) is 71.6 Å². The van der Waals surface area contributed by atoms with E-state index in [-0.39, 0.29) is 5.75 Å². The van der Waals surface area contributed by atoms with Crippen LogP contribution < -0.4 is 4.74 Å². The van der Waals surface area contributed by atoms with Gasteiger partial charge in [0.15, 0.2) is 11.6 Å². The average Bonchev–Trinajstić information content (AvgIpc) is 3.22. The Kier molecular flexibility index (Phi) is 3.90. The molecule has 2 aromatic heterocycles. The molecule has 0 atom stereocenters. The van der Waals surface area contributed by atoms with Crippen molar-refractivity contribution in [2.75, 3.05) is 19.7 Å². The van der Waals surface area contributed by atoms with Gasteiger partial charge in [-0.3, -0.25) is 4.90 Å². The van der Waals surface area contributed by atoms with E-state index < -0.39 is 0 Å². The zero-order chi connectivity index (χ0) is 18.2. The molecule has 2 aliphatic heterocycles. The minimum Gasteiger partial charge on any atom is -0.508 e. The molecule has 136 valence electrons. The number of hydrogen-bond donors (Lipinski definition) is 1. The molecule has 3 aromatic rings. The van der Waals surface area contributed by atoms with E-state index in [0.29, 0.717) is 18.2 Å². The predicted octanol–water partition coefficient (Wildman–Crippen LogP) is 3.28. The Morgan fingerprint density at radius 1 is 1.22 bits per heavy atom. The SMILES string of the molecule is Oc1ccc2c(c1)C=C(CN1CCc3nc(-c4ccco4)ncc3C1)CO2. The minimum absolute atomic E-state index is 0.256. The van der Waals surface area contributed by atoms with E-state index in [1.165, 1.54) is 5.57 Å². The molecule has 0 fully saturated rings. The van der Waals surface area contributed by atoms with Crippen LogP contribution in [0.15, 0.2) is 52.8 Å². The van der Waals surface area contributed by atoms with Gasteiger partial charge in [-0.15, -0.1) is 0 Å². The second kappa shape index (κ2) is 6.55. The van der Waals surface area contributed by atoms with Crippen molar-refractivity contribution in [3.05, 3.63) is 65.2 Å². The van der Waals surface area contributed by atoms with Crippen molar-refractivity contribution in [3.63, 3.8) is 0 Å². The molecular formula is C21H19N3O3. The van der Waals surface area contributed by atoms with Crippen LogP contribution in [-0.2, 0) is 13.0 Å². The van der Waals surface area contributed by atoms with Crippen LogP contribution in [0.3, 0.4) is 0 Å². The van der Waals surface area contributed by atoms with Crippen molar-refractivity contribution in [3.8, 4) is 23.1 Å². The number of hydrogen-bond acceptors (Lipinski definition) is 6. The van der Waals surface area contributed by atoms with Crippen molar-refractivity contribution >= 4 is 6.08 Å². The van der Waals surface area contributed by atoms with Crippen LogP contribution in [0.1, 0.15) is 16.8 Å². The highest BCUT2D eigenvalue weighted by Gasteiger charge is 2.21. The van der Waals surface area contributed by atoms with Crippen LogP contribution in [0, 0.1) is 0 Å². The van der Waals surface area contributed by atoms with Gasteiger partial charge in [-0.05, 0) is 42.0 Å². The van der Waals surface area contributed by atoms with Gasteiger partial charge < -0.3 is 14.3 Å². The Labute approximate surface area is 156 Å². The first-order valence-corrected chi connectivity index (χ1v) is 9.01. The fourth-order valence-corrected chi connectivity index (χ4v) is 3.62. The number of phenolic OH excluding ortho intramolecular Hbond substituents is 1. The molecule has 4 heterocycles. The number of fused-ring (bicyclic) bond motifs is 2. The zero-order valence-electron chi connectivity index (χ0n) is 14.8. The molecule has 27 heavy (non-hydrogen) atoms. The molecule has 0 bridgehead atoms. The molecule has 0 amide bonds. The van der Waals surface area contributed by atoms with Crippen molar-refractivity contribution in [1.29, 1.82) is 0 Å². The number of rotatable bonds is 3. The molecule has 6 nitrogen and oxygen atoms in total. The number of nitrogens with zero attached hydrogens (tertiary/aromatic N) is 3. The van der Waals surface area contributed by atoms with Crippen molar-refractivity contribution in [2.45, 2.75) is 13.0 Å². The fourth-order valence-electron chi connectivity index (χ4n) is 3.62. The van der Waals surface area contributed by atoms with Gasteiger partial charge in [0, 0.05) is 43.4 Å². The second-order valence-electron chi connectivity index (χ2n) is 6.92. The molecule has 0 aliphatic carbocycles. The Balaban J connectivity index is 1.32. The van der Waals surface area contributed by atoms with Gasteiger partial charge in [-0.25, -0.2) is 9.97 Å². The lowest BCUT2D eigenvalue weighted by Gasteiger charge is -2.30. The van der Waals surface area contributed by atoms with Crippen molar-refractivity contribution in [2.24, 2.45) is 0 Å². The largest absolute Gasteiger partial charge is 0.508 e. The number of furan rings is 1. The lowest BCUT2D eigenvalue weighted by molar-refractivity contribution is 0.255. The number of phenols is 1. The summed E-state index contributed by atoms with van der Waals surface area (Å²) in [5.41, 5.74) is 4.38. The van der Waals surface area contributed by atoms with E-state index in [1.807, 2.05) is 24.4 Å². The Bertz CT molecular complexity index is 1010. The number of ether oxygens (including phenoxy) is 1. The van der Waals surface area contributed by atoms with E-state index in [4.69, 9.17) is 9.15 Å². The fraction of sp³-hybridized carbons (Fsp3) is 0.238. The summed E-state index contributed by atoms with van der Waals surface area (Å²) in [5.74, 6) is 2.42. The van der Waals surface area contributed by atoms with Crippen LogP contribution in [0.25, 0.3) is 17.7 Å². The van der Waals surface area contributed by atoms with E-state index in [0.717, 1.165) is 48.6 Å².